The Morgan fingerprint density at radius 1 is 1.32 bits per heavy atom. The summed E-state index contributed by atoms with van der Waals surface area (Å²) in [4.78, 5) is 4.11. The molecule has 0 bridgehead atoms. The van der Waals surface area contributed by atoms with Gasteiger partial charge in [-0.15, -0.1) is 0 Å². The van der Waals surface area contributed by atoms with Crippen molar-refractivity contribution in [2.24, 2.45) is 11.7 Å². The lowest BCUT2D eigenvalue weighted by Crippen LogP contribution is -2.14. The number of aromatic nitrogens is 2. The number of halogens is 2. The van der Waals surface area contributed by atoms with E-state index in [-0.39, 0.29) is 23.9 Å². The van der Waals surface area contributed by atoms with Crippen molar-refractivity contribution in [2.75, 3.05) is 0 Å². The maximum atomic E-state index is 13.5. The molecule has 2 aromatic rings. The summed E-state index contributed by atoms with van der Waals surface area (Å²) in [6.07, 6.45) is 2.06. The Labute approximate surface area is 108 Å². The molecule has 1 atom stereocenters. The van der Waals surface area contributed by atoms with Crippen molar-refractivity contribution in [1.82, 2.24) is 10.1 Å². The lowest BCUT2D eigenvalue weighted by atomic mass is 10.1. The summed E-state index contributed by atoms with van der Waals surface area (Å²) in [7, 11) is 0. The standard InChI is InChI=1S/C13H13F2N3O/c14-9-2-1-3-10(15)8(9)6-11-17-13(18-19-11)12(16)7-4-5-7/h1-3,7,12H,4-6,16H2. The number of nitrogens with two attached hydrogens (primary N) is 1. The largest absolute Gasteiger partial charge is 0.339 e. The molecule has 1 heterocycles. The van der Waals surface area contributed by atoms with E-state index in [4.69, 9.17) is 10.3 Å². The van der Waals surface area contributed by atoms with Crippen LogP contribution in [0.2, 0.25) is 0 Å². The average molecular weight is 265 g/mol. The molecule has 1 aromatic carbocycles. The van der Waals surface area contributed by atoms with E-state index in [0.29, 0.717) is 11.7 Å². The fourth-order valence-electron chi connectivity index (χ4n) is 1.99. The van der Waals surface area contributed by atoms with E-state index < -0.39 is 11.6 Å². The fourth-order valence-corrected chi connectivity index (χ4v) is 1.99. The van der Waals surface area contributed by atoms with Crippen LogP contribution >= 0.6 is 0 Å². The first-order chi connectivity index (χ1) is 9.15. The van der Waals surface area contributed by atoms with Gasteiger partial charge >= 0.3 is 0 Å². The van der Waals surface area contributed by atoms with Gasteiger partial charge < -0.3 is 10.3 Å². The summed E-state index contributed by atoms with van der Waals surface area (Å²) in [5.41, 5.74) is 5.86. The van der Waals surface area contributed by atoms with E-state index in [1.165, 1.54) is 18.2 Å². The van der Waals surface area contributed by atoms with Crippen LogP contribution in [0.15, 0.2) is 22.7 Å². The normalized spacial score (nSPS) is 16.6. The van der Waals surface area contributed by atoms with Crippen LogP contribution in [-0.2, 0) is 6.42 Å². The second-order valence-electron chi connectivity index (χ2n) is 4.79. The van der Waals surface area contributed by atoms with Crippen molar-refractivity contribution in [3.05, 3.63) is 47.1 Å². The Balaban J connectivity index is 1.80. The summed E-state index contributed by atoms with van der Waals surface area (Å²) in [6, 6.07) is 3.47. The van der Waals surface area contributed by atoms with Crippen LogP contribution in [0, 0.1) is 17.6 Å². The molecule has 0 spiro atoms. The lowest BCUT2D eigenvalue weighted by molar-refractivity contribution is 0.370. The van der Waals surface area contributed by atoms with Gasteiger partial charge in [0.15, 0.2) is 5.82 Å². The Morgan fingerprint density at radius 3 is 2.63 bits per heavy atom. The SMILES string of the molecule is NC(c1noc(Cc2c(F)cccc2F)n1)C1CC1. The summed E-state index contributed by atoms with van der Waals surface area (Å²) in [5, 5.41) is 3.78. The predicted molar refractivity (Wildman–Crippen MR) is 63.1 cm³/mol. The van der Waals surface area contributed by atoms with Gasteiger partial charge in [-0.2, -0.15) is 4.98 Å². The van der Waals surface area contributed by atoms with E-state index in [1.807, 2.05) is 0 Å². The van der Waals surface area contributed by atoms with Crippen molar-refractivity contribution in [3.8, 4) is 0 Å². The van der Waals surface area contributed by atoms with Crippen LogP contribution in [-0.4, -0.2) is 10.1 Å². The first-order valence-electron chi connectivity index (χ1n) is 6.16. The maximum absolute atomic E-state index is 13.5. The Hall–Kier alpha value is -1.82. The quantitative estimate of drug-likeness (QED) is 0.921. The van der Waals surface area contributed by atoms with Gasteiger partial charge in [0.05, 0.1) is 12.5 Å². The zero-order valence-electron chi connectivity index (χ0n) is 10.1. The highest BCUT2D eigenvalue weighted by Crippen LogP contribution is 2.38. The number of hydrogen-bond acceptors (Lipinski definition) is 4. The molecule has 1 fully saturated rings. The van der Waals surface area contributed by atoms with Gasteiger partial charge in [0.1, 0.15) is 11.6 Å². The minimum atomic E-state index is -0.619. The number of nitrogens with zero attached hydrogens (tertiary/aromatic N) is 2. The molecular formula is C13H13F2N3O. The zero-order valence-corrected chi connectivity index (χ0v) is 10.1. The molecule has 0 radical (unpaired) electrons. The molecule has 1 unspecified atom stereocenters. The molecule has 0 amide bonds. The molecule has 4 nitrogen and oxygen atoms in total. The summed E-state index contributed by atoms with van der Waals surface area (Å²) in [6.45, 7) is 0. The van der Waals surface area contributed by atoms with Crippen LogP contribution in [0.3, 0.4) is 0 Å². The summed E-state index contributed by atoms with van der Waals surface area (Å²) >= 11 is 0. The molecule has 6 heteroatoms. The fraction of sp³-hybridized carbons (Fsp3) is 0.385. The second kappa shape index (κ2) is 4.70. The van der Waals surface area contributed by atoms with Crippen molar-refractivity contribution < 1.29 is 13.3 Å². The van der Waals surface area contributed by atoms with E-state index in [0.717, 1.165) is 12.8 Å². The Morgan fingerprint density at radius 2 is 2.00 bits per heavy atom. The summed E-state index contributed by atoms with van der Waals surface area (Å²) in [5.74, 6) is -0.252. The molecule has 1 saturated carbocycles. The third-order valence-corrected chi connectivity index (χ3v) is 3.30. The van der Waals surface area contributed by atoms with E-state index in [2.05, 4.69) is 10.1 Å². The Bertz CT molecular complexity index is 575. The number of rotatable bonds is 4. The smallest absolute Gasteiger partial charge is 0.231 e. The molecular weight excluding hydrogens is 252 g/mol. The number of hydrogen-bond donors (Lipinski definition) is 1. The lowest BCUT2D eigenvalue weighted by Gasteiger charge is -2.02. The predicted octanol–water partition coefficient (Wildman–Crippen LogP) is 2.35. The molecule has 1 aliphatic rings. The monoisotopic (exact) mass is 265 g/mol. The van der Waals surface area contributed by atoms with Crippen molar-refractivity contribution in [2.45, 2.75) is 25.3 Å². The molecule has 1 aromatic heterocycles. The van der Waals surface area contributed by atoms with Gasteiger partial charge in [-0.05, 0) is 30.9 Å². The minimum absolute atomic E-state index is 0.0666. The van der Waals surface area contributed by atoms with E-state index in [1.54, 1.807) is 0 Å². The van der Waals surface area contributed by atoms with Crippen molar-refractivity contribution >= 4 is 0 Å². The highest BCUT2D eigenvalue weighted by atomic mass is 19.1. The average Bonchev–Trinajstić information content (AvgIpc) is 3.13. The Kier molecular flexibility index (Phi) is 3.02. The van der Waals surface area contributed by atoms with E-state index in [9.17, 15) is 8.78 Å². The molecule has 0 aliphatic heterocycles. The maximum Gasteiger partial charge on any atom is 0.231 e. The van der Waals surface area contributed by atoms with Gasteiger partial charge in [0, 0.05) is 5.56 Å². The van der Waals surface area contributed by atoms with Crippen LogP contribution < -0.4 is 5.73 Å². The topological polar surface area (TPSA) is 64.9 Å². The first-order valence-corrected chi connectivity index (χ1v) is 6.16. The van der Waals surface area contributed by atoms with Gasteiger partial charge in [0.2, 0.25) is 5.89 Å². The van der Waals surface area contributed by atoms with Crippen molar-refractivity contribution in [1.29, 1.82) is 0 Å². The first kappa shape index (κ1) is 12.2. The van der Waals surface area contributed by atoms with Crippen LogP contribution in [0.5, 0.6) is 0 Å². The molecule has 2 N–H and O–H groups in total. The summed E-state index contributed by atoms with van der Waals surface area (Å²) < 4.78 is 32.0. The third-order valence-electron chi connectivity index (χ3n) is 3.30. The molecule has 1 aliphatic carbocycles. The van der Waals surface area contributed by atoms with Gasteiger partial charge in [-0.3, -0.25) is 0 Å². The third kappa shape index (κ3) is 2.49. The van der Waals surface area contributed by atoms with Gasteiger partial charge in [-0.25, -0.2) is 8.78 Å². The number of benzene rings is 1. The van der Waals surface area contributed by atoms with Gasteiger partial charge in [-0.1, -0.05) is 11.2 Å². The molecule has 19 heavy (non-hydrogen) atoms. The molecule has 0 saturated heterocycles. The van der Waals surface area contributed by atoms with Crippen LogP contribution in [0.25, 0.3) is 0 Å². The van der Waals surface area contributed by atoms with Gasteiger partial charge in [0.25, 0.3) is 0 Å². The van der Waals surface area contributed by atoms with Crippen molar-refractivity contribution in [3.63, 3.8) is 0 Å². The van der Waals surface area contributed by atoms with E-state index >= 15 is 0 Å². The second-order valence-corrected chi connectivity index (χ2v) is 4.79. The molecule has 3 rings (SSSR count). The van der Waals surface area contributed by atoms with Crippen LogP contribution in [0.4, 0.5) is 8.78 Å². The highest BCUT2D eigenvalue weighted by molar-refractivity contribution is 5.22. The highest BCUT2D eigenvalue weighted by Gasteiger charge is 2.32. The van der Waals surface area contributed by atoms with Crippen LogP contribution in [0.1, 0.15) is 36.2 Å². The minimum Gasteiger partial charge on any atom is -0.339 e. The molecule has 100 valence electrons. The zero-order chi connectivity index (χ0) is 13.4.